The smallest absolute Gasteiger partial charge is 0.145 e. The number of hydrogen-bond donors (Lipinski definition) is 0. The number of nitrogens with zero attached hydrogens (tertiary/aromatic N) is 1. The Bertz CT molecular complexity index is 480. The van der Waals surface area contributed by atoms with Crippen molar-refractivity contribution in [1.29, 1.82) is 0 Å². The van der Waals surface area contributed by atoms with E-state index < -0.39 is 0 Å². The van der Waals surface area contributed by atoms with Crippen LogP contribution in [0.4, 0.5) is 0 Å². The van der Waals surface area contributed by atoms with Crippen molar-refractivity contribution in [1.82, 2.24) is 4.98 Å². The van der Waals surface area contributed by atoms with Gasteiger partial charge in [-0.25, -0.2) is 0 Å². The highest BCUT2D eigenvalue weighted by Gasteiger charge is 1.99. The molecule has 0 aliphatic rings. The number of aromatic nitrogens is 1. The first-order valence-corrected chi connectivity index (χ1v) is 5.46. The van der Waals surface area contributed by atoms with Gasteiger partial charge in [-0.05, 0) is 36.8 Å². The molecule has 0 aliphatic carbocycles. The van der Waals surface area contributed by atoms with Crippen LogP contribution in [-0.2, 0) is 11.3 Å². The molecule has 0 spiro atoms. The molecule has 1 aromatic heterocycles. The number of aryl methyl sites for hydroxylation is 1. The van der Waals surface area contributed by atoms with Gasteiger partial charge in [0.1, 0.15) is 11.5 Å². The Morgan fingerprint density at radius 1 is 1.12 bits per heavy atom. The molecule has 0 aliphatic heterocycles. The summed E-state index contributed by atoms with van der Waals surface area (Å²) in [6, 6.07) is 11.7. The van der Waals surface area contributed by atoms with Crippen molar-refractivity contribution in [3.63, 3.8) is 0 Å². The molecule has 0 atom stereocenters. The summed E-state index contributed by atoms with van der Waals surface area (Å²) >= 11 is 0. The van der Waals surface area contributed by atoms with E-state index >= 15 is 0 Å². The SMILES string of the molecule is COCc1cccc(Oc2ccc(C)nc2)c1. The Morgan fingerprint density at radius 2 is 2.00 bits per heavy atom. The number of pyridine rings is 1. The van der Waals surface area contributed by atoms with E-state index in [1.165, 1.54) is 0 Å². The summed E-state index contributed by atoms with van der Waals surface area (Å²) in [6.07, 6.45) is 1.72. The fraction of sp³-hybridized carbons (Fsp3) is 0.214. The first-order chi connectivity index (χ1) is 8.28. The fourth-order valence-corrected chi connectivity index (χ4v) is 1.52. The molecule has 0 unspecified atom stereocenters. The Balaban J connectivity index is 2.12. The molecular weight excluding hydrogens is 214 g/mol. The van der Waals surface area contributed by atoms with E-state index in [2.05, 4.69) is 4.98 Å². The summed E-state index contributed by atoms with van der Waals surface area (Å²) in [5, 5.41) is 0. The third-order valence-corrected chi connectivity index (χ3v) is 2.33. The predicted molar refractivity (Wildman–Crippen MR) is 66.2 cm³/mol. The van der Waals surface area contributed by atoms with Crippen LogP contribution in [-0.4, -0.2) is 12.1 Å². The number of ether oxygens (including phenoxy) is 2. The quantitative estimate of drug-likeness (QED) is 0.805. The first kappa shape index (κ1) is 11.6. The zero-order chi connectivity index (χ0) is 12.1. The molecule has 1 heterocycles. The second kappa shape index (κ2) is 5.46. The predicted octanol–water partition coefficient (Wildman–Crippen LogP) is 3.33. The molecule has 2 aromatic rings. The lowest BCUT2D eigenvalue weighted by Gasteiger charge is -2.07. The molecule has 3 heteroatoms. The van der Waals surface area contributed by atoms with E-state index in [0.717, 1.165) is 22.8 Å². The Hall–Kier alpha value is -1.87. The molecule has 0 amide bonds. The average Bonchev–Trinajstić information content (AvgIpc) is 2.33. The van der Waals surface area contributed by atoms with Crippen molar-refractivity contribution in [3.8, 4) is 11.5 Å². The Kier molecular flexibility index (Phi) is 3.73. The van der Waals surface area contributed by atoms with Crippen molar-refractivity contribution >= 4 is 0 Å². The van der Waals surface area contributed by atoms with Crippen LogP contribution in [0.1, 0.15) is 11.3 Å². The molecule has 0 fully saturated rings. The van der Waals surface area contributed by atoms with Gasteiger partial charge in [-0.2, -0.15) is 0 Å². The van der Waals surface area contributed by atoms with Crippen molar-refractivity contribution < 1.29 is 9.47 Å². The van der Waals surface area contributed by atoms with Gasteiger partial charge in [0.15, 0.2) is 0 Å². The molecule has 3 nitrogen and oxygen atoms in total. The Morgan fingerprint density at radius 3 is 2.71 bits per heavy atom. The summed E-state index contributed by atoms with van der Waals surface area (Å²) in [6.45, 7) is 2.53. The van der Waals surface area contributed by atoms with E-state index in [0.29, 0.717) is 6.61 Å². The van der Waals surface area contributed by atoms with Crippen LogP contribution < -0.4 is 4.74 Å². The molecule has 0 bridgehead atoms. The molecule has 88 valence electrons. The van der Waals surface area contributed by atoms with Gasteiger partial charge in [0, 0.05) is 12.8 Å². The highest BCUT2D eigenvalue weighted by atomic mass is 16.5. The van der Waals surface area contributed by atoms with Crippen LogP contribution in [0.25, 0.3) is 0 Å². The van der Waals surface area contributed by atoms with Crippen LogP contribution in [0.3, 0.4) is 0 Å². The highest BCUT2D eigenvalue weighted by molar-refractivity contribution is 5.33. The van der Waals surface area contributed by atoms with Crippen molar-refractivity contribution in [3.05, 3.63) is 53.9 Å². The standard InChI is InChI=1S/C14H15NO2/c1-11-6-7-14(9-15-11)17-13-5-3-4-12(8-13)10-16-2/h3-9H,10H2,1-2H3. The van der Waals surface area contributed by atoms with E-state index in [-0.39, 0.29) is 0 Å². The largest absolute Gasteiger partial charge is 0.456 e. The summed E-state index contributed by atoms with van der Waals surface area (Å²) in [7, 11) is 1.68. The molecular formula is C14H15NO2. The van der Waals surface area contributed by atoms with Crippen LogP contribution >= 0.6 is 0 Å². The van der Waals surface area contributed by atoms with Gasteiger partial charge in [-0.15, -0.1) is 0 Å². The fourth-order valence-electron chi connectivity index (χ4n) is 1.52. The molecule has 0 saturated carbocycles. The molecule has 0 N–H and O–H groups in total. The normalized spacial score (nSPS) is 10.2. The summed E-state index contributed by atoms with van der Waals surface area (Å²) < 4.78 is 10.8. The molecule has 0 radical (unpaired) electrons. The van der Waals surface area contributed by atoms with Gasteiger partial charge in [0.25, 0.3) is 0 Å². The van der Waals surface area contributed by atoms with Gasteiger partial charge < -0.3 is 9.47 Å². The topological polar surface area (TPSA) is 31.4 Å². The lowest BCUT2D eigenvalue weighted by molar-refractivity contribution is 0.184. The van der Waals surface area contributed by atoms with Gasteiger partial charge >= 0.3 is 0 Å². The van der Waals surface area contributed by atoms with Gasteiger partial charge in [-0.3, -0.25) is 4.98 Å². The minimum Gasteiger partial charge on any atom is -0.456 e. The molecule has 0 saturated heterocycles. The van der Waals surface area contributed by atoms with Crippen molar-refractivity contribution in [2.24, 2.45) is 0 Å². The number of rotatable bonds is 4. The lowest BCUT2D eigenvalue weighted by atomic mass is 10.2. The second-order valence-corrected chi connectivity index (χ2v) is 3.82. The highest BCUT2D eigenvalue weighted by Crippen LogP contribution is 2.21. The van der Waals surface area contributed by atoms with Gasteiger partial charge in [0.05, 0.1) is 12.8 Å². The van der Waals surface area contributed by atoms with E-state index in [9.17, 15) is 0 Å². The van der Waals surface area contributed by atoms with Crippen LogP contribution in [0, 0.1) is 6.92 Å². The summed E-state index contributed by atoms with van der Waals surface area (Å²) in [5.41, 5.74) is 2.07. The van der Waals surface area contributed by atoms with Gasteiger partial charge in [-0.1, -0.05) is 12.1 Å². The molecule has 1 aromatic carbocycles. The van der Waals surface area contributed by atoms with Crippen LogP contribution in [0.5, 0.6) is 11.5 Å². The molecule has 17 heavy (non-hydrogen) atoms. The minimum atomic E-state index is 0.587. The van der Waals surface area contributed by atoms with Crippen LogP contribution in [0.15, 0.2) is 42.6 Å². The minimum absolute atomic E-state index is 0.587. The number of methoxy groups -OCH3 is 1. The zero-order valence-electron chi connectivity index (χ0n) is 10.0. The van der Waals surface area contributed by atoms with Gasteiger partial charge in [0.2, 0.25) is 0 Å². The Labute approximate surface area is 101 Å². The molecule has 2 rings (SSSR count). The third kappa shape index (κ3) is 3.29. The lowest BCUT2D eigenvalue weighted by Crippen LogP contribution is -1.90. The second-order valence-electron chi connectivity index (χ2n) is 3.82. The first-order valence-electron chi connectivity index (χ1n) is 5.46. The number of hydrogen-bond acceptors (Lipinski definition) is 3. The average molecular weight is 229 g/mol. The maximum atomic E-state index is 5.70. The zero-order valence-corrected chi connectivity index (χ0v) is 10.0. The maximum Gasteiger partial charge on any atom is 0.145 e. The summed E-state index contributed by atoms with van der Waals surface area (Å²) in [5.74, 6) is 1.54. The van der Waals surface area contributed by atoms with Crippen LogP contribution in [0.2, 0.25) is 0 Å². The van der Waals surface area contributed by atoms with E-state index in [1.807, 2.05) is 43.3 Å². The van der Waals surface area contributed by atoms with Crippen molar-refractivity contribution in [2.75, 3.05) is 7.11 Å². The maximum absolute atomic E-state index is 5.70. The monoisotopic (exact) mass is 229 g/mol. The number of benzene rings is 1. The van der Waals surface area contributed by atoms with Crippen molar-refractivity contribution in [2.45, 2.75) is 13.5 Å². The van der Waals surface area contributed by atoms with E-state index in [4.69, 9.17) is 9.47 Å². The summed E-state index contributed by atoms with van der Waals surface area (Å²) in [4.78, 5) is 4.18. The van der Waals surface area contributed by atoms with E-state index in [1.54, 1.807) is 13.3 Å². The third-order valence-electron chi connectivity index (χ3n) is 2.33.